The SMILES string of the molecule is NNc1cc(F)nc2c1CCCCC2. The molecule has 1 aliphatic rings. The van der Waals surface area contributed by atoms with Crippen molar-refractivity contribution in [3.05, 3.63) is 23.3 Å². The lowest BCUT2D eigenvalue weighted by Gasteiger charge is -2.10. The van der Waals surface area contributed by atoms with Crippen LogP contribution in [0.4, 0.5) is 10.1 Å². The number of nitrogens with one attached hydrogen (secondary N) is 1. The van der Waals surface area contributed by atoms with Crippen molar-refractivity contribution in [1.29, 1.82) is 0 Å². The Labute approximate surface area is 82.5 Å². The molecule has 1 heterocycles. The molecule has 1 aliphatic carbocycles. The first kappa shape index (κ1) is 9.40. The van der Waals surface area contributed by atoms with Crippen LogP contribution in [0.2, 0.25) is 0 Å². The van der Waals surface area contributed by atoms with Gasteiger partial charge in [-0.1, -0.05) is 6.42 Å². The van der Waals surface area contributed by atoms with Crippen LogP contribution < -0.4 is 11.3 Å². The molecular weight excluding hydrogens is 181 g/mol. The minimum absolute atomic E-state index is 0.446. The summed E-state index contributed by atoms with van der Waals surface area (Å²) in [5.74, 6) is 4.90. The number of fused-ring (bicyclic) bond motifs is 1. The van der Waals surface area contributed by atoms with Gasteiger partial charge < -0.3 is 5.43 Å². The molecular formula is C10H14FN3. The fraction of sp³-hybridized carbons (Fsp3) is 0.500. The smallest absolute Gasteiger partial charge is 0.215 e. The molecule has 0 bridgehead atoms. The molecule has 4 heteroatoms. The van der Waals surface area contributed by atoms with Gasteiger partial charge in [0, 0.05) is 11.8 Å². The molecule has 0 saturated heterocycles. The molecule has 0 saturated carbocycles. The first-order valence-electron chi connectivity index (χ1n) is 4.96. The molecule has 0 atom stereocenters. The van der Waals surface area contributed by atoms with Gasteiger partial charge in [-0.05, 0) is 31.2 Å². The molecule has 0 unspecified atom stereocenters. The average molecular weight is 195 g/mol. The third-order valence-corrected chi connectivity index (χ3v) is 2.67. The summed E-state index contributed by atoms with van der Waals surface area (Å²) in [6, 6.07) is 1.37. The van der Waals surface area contributed by atoms with Crippen LogP contribution in [0.25, 0.3) is 0 Å². The number of hydrogen-bond donors (Lipinski definition) is 2. The highest BCUT2D eigenvalue weighted by atomic mass is 19.1. The van der Waals surface area contributed by atoms with Gasteiger partial charge in [-0.15, -0.1) is 0 Å². The zero-order chi connectivity index (χ0) is 9.97. The number of hydrazine groups is 1. The Hall–Kier alpha value is -1.16. The summed E-state index contributed by atoms with van der Waals surface area (Å²) in [7, 11) is 0. The van der Waals surface area contributed by atoms with Crippen molar-refractivity contribution < 1.29 is 4.39 Å². The molecule has 14 heavy (non-hydrogen) atoms. The molecule has 0 spiro atoms. The predicted molar refractivity (Wildman–Crippen MR) is 53.3 cm³/mol. The Bertz CT molecular complexity index is 338. The van der Waals surface area contributed by atoms with E-state index in [4.69, 9.17) is 5.84 Å². The fourth-order valence-electron chi connectivity index (χ4n) is 1.98. The first-order chi connectivity index (χ1) is 6.81. The van der Waals surface area contributed by atoms with Crippen molar-refractivity contribution >= 4 is 5.69 Å². The monoisotopic (exact) mass is 195 g/mol. The van der Waals surface area contributed by atoms with E-state index in [0.29, 0.717) is 5.69 Å². The highest BCUT2D eigenvalue weighted by molar-refractivity contribution is 5.52. The van der Waals surface area contributed by atoms with Crippen LogP contribution in [0.15, 0.2) is 6.07 Å². The zero-order valence-corrected chi connectivity index (χ0v) is 8.02. The van der Waals surface area contributed by atoms with E-state index in [2.05, 4.69) is 10.4 Å². The van der Waals surface area contributed by atoms with Gasteiger partial charge in [0.2, 0.25) is 5.95 Å². The van der Waals surface area contributed by atoms with Gasteiger partial charge in [-0.25, -0.2) is 4.98 Å². The van der Waals surface area contributed by atoms with Crippen molar-refractivity contribution in [1.82, 2.24) is 4.98 Å². The van der Waals surface area contributed by atoms with Crippen LogP contribution in [0, 0.1) is 5.95 Å². The predicted octanol–water partition coefficient (Wildman–Crippen LogP) is 1.78. The van der Waals surface area contributed by atoms with Crippen molar-refractivity contribution in [3.8, 4) is 0 Å². The van der Waals surface area contributed by atoms with Gasteiger partial charge in [0.15, 0.2) is 0 Å². The number of nitrogens with two attached hydrogens (primary N) is 1. The number of hydrogen-bond acceptors (Lipinski definition) is 3. The molecule has 1 aromatic heterocycles. The van der Waals surface area contributed by atoms with Gasteiger partial charge >= 0.3 is 0 Å². The summed E-state index contributed by atoms with van der Waals surface area (Å²) in [5, 5.41) is 0. The Balaban J connectivity index is 2.46. The summed E-state index contributed by atoms with van der Waals surface area (Å²) < 4.78 is 13.1. The number of nitrogens with zero attached hydrogens (tertiary/aromatic N) is 1. The second-order valence-electron chi connectivity index (χ2n) is 3.62. The first-order valence-corrected chi connectivity index (χ1v) is 4.96. The van der Waals surface area contributed by atoms with Crippen molar-refractivity contribution in [2.75, 3.05) is 5.43 Å². The van der Waals surface area contributed by atoms with E-state index < -0.39 is 5.95 Å². The summed E-state index contributed by atoms with van der Waals surface area (Å²) in [6.07, 6.45) is 5.22. The van der Waals surface area contributed by atoms with Crippen LogP contribution in [-0.2, 0) is 12.8 Å². The second kappa shape index (κ2) is 3.92. The number of aryl methyl sites for hydroxylation is 1. The molecule has 0 aliphatic heterocycles. The average Bonchev–Trinajstić information content (AvgIpc) is 2.41. The third kappa shape index (κ3) is 1.70. The maximum atomic E-state index is 13.1. The molecule has 76 valence electrons. The number of anilines is 1. The molecule has 1 aromatic rings. The number of rotatable bonds is 1. The van der Waals surface area contributed by atoms with E-state index in [1.54, 1.807) is 0 Å². The summed E-state index contributed by atoms with van der Waals surface area (Å²) in [4.78, 5) is 3.92. The van der Waals surface area contributed by atoms with Crippen molar-refractivity contribution in [2.24, 2.45) is 5.84 Å². The highest BCUT2D eigenvalue weighted by Gasteiger charge is 2.14. The number of pyridine rings is 1. The normalized spacial score (nSPS) is 15.9. The largest absolute Gasteiger partial charge is 0.324 e. The molecule has 0 aromatic carbocycles. The van der Waals surface area contributed by atoms with E-state index in [1.807, 2.05) is 0 Å². The fourth-order valence-corrected chi connectivity index (χ4v) is 1.98. The summed E-state index contributed by atoms with van der Waals surface area (Å²) in [5.41, 5.74) is 5.19. The molecule has 3 N–H and O–H groups in total. The molecule has 3 nitrogen and oxygen atoms in total. The lowest BCUT2D eigenvalue weighted by atomic mass is 10.1. The molecule has 0 amide bonds. The van der Waals surface area contributed by atoms with E-state index in [9.17, 15) is 4.39 Å². The maximum Gasteiger partial charge on any atom is 0.215 e. The van der Waals surface area contributed by atoms with Crippen LogP contribution >= 0.6 is 0 Å². The van der Waals surface area contributed by atoms with Gasteiger partial charge in [0.25, 0.3) is 0 Å². The van der Waals surface area contributed by atoms with Crippen LogP contribution in [0.5, 0.6) is 0 Å². The van der Waals surface area contributed by atoms with Crippen LogP contribution in [0.1, 0.15) is 30.5 Å². The van der Waals surface area contributed by atoms with E-state index >= 15 is 0 Å². The van der Waals surface area contributed by atoms with E-state index in [-0.39, 0.29) is 0 Å². The van der Waals surface area contributed by atoms with Crippen molar-refractivity contribution in [2.45, 2.75) is 32.1 Å². The Morgan fingerprint density at radius 1 is 1.29 bits per heavy atom. The Morgan fingerprint density at radius 2 is 2.07 bits per heavy atom. The lowest BCUT2D eigenvalue weighted by molar-refractivity contribution is 0.575. The zero-order valence-electron chi connectivity index (χ0n) is 8.02. The van der Waals surface area contributed by atoms with Crippen LogP contribution in [-0.4, -0.2) is 4.98 Å². The number of aromatic nitrogens is 1. The quantitative estimate of drug-likeness (QED) is 0.311. The second-order valence-corrected chi connectivity index (χ2v) is 3.62. The Kier molecular flexibility index (Phi) is 2.63. The summed E-state index contributed by atoms with van der Waals surface area (Å²) >= 11 is 0. The minimum atomic E-state index is -0.446. The molecule has 2 rings (SSSR count). The highest BCUT2D eigenvalue weighted by Crippen LogP contribution is 2.25. The standard InChI is InChI=1S/C10H14FN3/c11-10-6-9(14-12)7-4-2-1-3-5-8(7)13-10/h6H,1-5,12H2,(H,13,14). The topological polar surface area (TPSA) is 50.9 Å². The molecule has 0 fully saturated rings. The van der Waals surface area contributed by atoms with Gasteiger partial charge in [-0.2, -0.15) is 4.39 Å². The van der Waals surface area contributed by atoms with Gasteiger partial charge in [-0.3, -0.25) is 5.84 Å². The number of halogens is 1. The maximum absolute atomic E-state index is 13.1. The van der Waals surface area contributed by atoms with Gasteiger partial charge in [0.05, 0.1) is 5.69 Å². The Morgan fingerprint density at radius 3 is 2.86 bits per heavy atom. The summed E-state index contributed by atoms with van der Waals surface area (Å²) in [6.45, 7) is 0. The van der Waals surface area contributed by atoms with Crippen LogP contribution in [0.3, 0.4) is 0 Å². The number of nitrogen functional groups attached to an aromatic ring is 1. The minimum Gasteiger partial charge on any atom is -0.324 e. The van der Waals surface area contributed by atoms with Gasteiger partial charge in [0.1, 0.15) is 0 Å². The third-order valence-electron chi connectivity index (χ3n) is 2.67. The molecule has 0 radical (unpaired) electrons. The van der Waals surface area contributed by atoms with E-state index in [1.165, 1.54) is 12.5 Å². The van der Waals surface area contributed by atoms with E-state index in [0.717, 1.165) is 36.9 Å². The lowest BCUT2D eigenvalue weighted by Crippen LogP contribution is -2.12. The van der Waals surface area contributed by atoms with Crippen molar-refractivity contribution in [3.63, 3.8) is 0 Å².